The first-order chi connectivity index (χ1) is 12.6. The largest absolute Gasteiger partial charge is 0.366 e. The van der Waals surface area contributed by atoms with Crippen molar-refractivity contribution in [3.63, 3.8) is 0 Å². The molecular formula is C22H28N4. The molecule has 0 aliphatic heterocycles. The zero-order valence-corrected chi connectivity index (χ0v) is 15.9. The maximum Gasteiger partial charge on any atom is 0.154 e. The number of imidazole rings is 1. The summed E-state index contributed by atoms with van der Waals surface area (Å²) >= 11 is 0. The number of benzene rings is 1. The van der Waals surface area contributed by atoms with Crippen molar-refractivity contribution in [2.24, 2.45) is 11.8 Å². The van der Waals surface area contributed by atoms with Gasteiger partial charge in [-0.05, 0) is 62.6 Å². The number of hydrogen-bond acceptors (Lipinski definition) is 3. The Kier molecular flexibility index (Phi) is 4.66. The standard InChI is InChI=1S/C22H28N4/c1-15(2)17-7-9-19(10-8-17)24-21-11-12-22-23-14-20(26(22)25-21)18-6-4-5-16(3)13-18/h4-6,11-15,17,19H,7-10H2,1-3H3,(H,24,25). The lowest BCUT2D eigenvalue weighted by atomic mass is 9.80. The molecule has 26 heavy (non-hydrogen) atoms. The van der Waals surface area contributed by atoms with E-state index in [9.17, 15) is 0 Å². The van der Waals surface area contributed by atoms with E-state index >= 15 is 0 Å². The van der Waals surface area contributed by atoms with Gasteiger partial charge in [0, 0.05) is 11.6 Å². The molecule has 0 unspecified atom stereocenters. The predicted molar refractivity (Wildman–Crippen MR) is 107 cm³/mol. The van der Waals surface area contributed by atoms with Gasteiger partial charge >= 0.3 is 0 Å². The minimum atomic E-state index is 0.529. The van der Waals surface area contributed by atoms with Crippen LogP contribution in [0.25, 0.3) is 16.9 Å². The minimum absolute atomic E-state index is 0.529. The van der Waals surface area contributed by atoms with Crippen molar-refractivity contribution < 1.29 is 0 Å². The average molecular weight is 348 g/mol. The topological polar surface area (TPSA) is 42.2 Å². The van der Waals surface area contributed by atoms with Gasteiger partial charge in [0.15, 0.2) is 5.65 Å². The van der Waals surface area contributed by atoms with Gasteiger partial charge in [0.1, 0.15) is 5.82 Å². The Hall–Kier alpha value is -2.36. The summed E-state index contributed by atoms with van der Waals surface area (Å²) in [7, 11) is 0. The molecule has 0 bridgehead atoms. The van der Waals surface area contributed by atoms with Crippen molar-refractivity contribution in [3.05, 3.63) is 48.2 Å². The van der Waals surface area contributed by atoms with Crippen LogP contribution >= 0.6 is 0 Å². The van der Waals surface area contributed by atoms with Gasteiger partial charge < -0.3 is 5.32 Å². The van der Waals surface area contributed by atoms with Crippen molar-refractivity contribution in [2.75, 3.05) is 5.32 Å². The summed E-state index contributed by atoms with van der Waals surface area (Å²) in [4.78, 5) is 4.51. The highest BCUT2D eigenvalue weighted by Gasteiger charge is 2.23. The van der Waals surface area contributed by atoms with E-state index < -0.39 is 0 Å². The van der Waals surface area contributed by atoms with Crippen LogP contribution in [0.4, 0.5) is 5.82 Å². The molecule has 1 aliphatic rings. The van der Waals surface area contributed by atoms with Gasteiger partial charge in [-0.25, -0.2) is 9.50 Å². The second-order valence-electron chi connectivity index (χ2n) is 8.00. The van der Waals surface area contributed by atoms with E-state index in [1.165, 1.54) is 31.2 Å². The molecule has 4 rings (SSSR count). The lowest BCUT2D eigenvalue weighted by Crippen LogP contribution is -2.28. The lowest BCUT2D eigenvalue weighted by Gasteiger charge is -2.31. The molecule has 1 aromatic carbocycles. The highest BCUT2D eigenvalue weighted by Crippen LogP contribution is 2.31. The van der Waals surface area contributed by atoms with E-state index in [4.69, 9.17) is 5.10 Å². The molecule has 1 fully saturated rings. The maximum atomic E-state index is 4.83. The van der Waals surface area contributed by atoms with Crippen molar-refractivity contribution >= 4 is 11.5 Å². The van der Waals surface area contributed by atoms with Crippen LogP contribution in [-0.4, -0.2) is 20.6 Å². The van der Waals surface area contributed by atoms with E-state index in [-0.39, 0.29) is 0 Å². The molecular weight excluding hydrogens is 320 g/mol. The van der Waals surface area contributed by atoms with Gasteiger partial charge in [0.2, 0.25) is 0 Å². The van der Waals surface area contributed by atoms with Gasteiger partial charge in [-0.15, -0.1) is 5.10 Å². The highest BCUT2D eigenvalue weighted by molar-refractivity contribution is 5.64. The van der Waals surface area contributed by atoms with Gasteiger partial charge in [-0.1, -0.05) is 37.6 Å². The first-order valence-corrected chi connectivity index (χ1v) is 9.78. The van der Waals surface area contributed by atoms with Crippen LogP contribution in [0.2, 0.25) is 0 Å². The first kappa shape index (κ1) is 17.1. The summed E-state index contributed by atoms with van der Waals surface area (Å²) in [5.74, 6) is 2.62. The highest BCUT2D eigenvalue weighted by atomic mass is 15.3. The number of aryl methyl sites for hydroxylation is 1. The number of anilines is 1. The van der Waals surface area contributed by atoms with Crippen LogP contribution in [0.5, 0.6) is 0 Å². The van der Waals surface area contributed by atoms with Gasteiger partial charge in [0.05, 0.1) is 11.9 Å². The SMILES string of the molecule is Cc1cccc(-c2cnc3ccc(NC4CCC(C(C)C)CC4)nn23)c1. The molecule has 0 spiro atoms. The fourth-order valence-corrected chi connectivity index (χ4v) is 4.09. The Labute approximate surface area is 155 Å². The molecule has 1 saturated carbocycles. The second kappa shape index (κ2) is 7.10. The third-order valence-corrected chi connectivity index (χ3v) is 5.74. The summed E-state index contributed by atoms with van der Waals surface area (Å²) in [5.41, 5.74) is 4.32. The normalized spacial score (nSPS) is 20.6. The number of hydrogen-bond donors (Lipinski definition) is 1. The lowest BCUT2D eigenvalue weighted by molar-refractivity contribution is 0.266. The predicted octanol–water partition coefficient (Wildman–Crippen LogP) is 5.33. The number of nitrogens with zero attached hydrogens (tertiary/aromatic N) is 3. The Balaban J connectivity index is 1.55. The van der Waals surface area contributed by atoms with Crippen molar-refractivity contribution in [1.82, 2.24) is 14.6 Å². The van der Waals surface area contributed by atoms with Crippen LogP contribution in [-0.2, 0) is 0 Å². The molecule has 2 heterocycles. The minimum Gasteiger partial charge on any atom is -0.366 e. The monoisotopic (exact) mass is 348 g/mol. The summed E-state index contributed by atoms with van der Waals surface area (Å²) < 4.78 is 1.96. The van der Waals surface area contributed by atoms with Crippen molar-refractivity contribution in [2.45, 2.75) is 52.5 Å². The maximum absolute atomic E-state index is 4.83. The molecule has 0 saturated heterocycles. The van der Waals surface area contributed by atoms with Gasteiger partial charge in [0.25, 0.3) is 0 Å². The van der Waals surface area contributed by atoms with Crippen LogP contribution in [0.15, 0.2) is 42.6 Å². The summed E-state index contributed by atoms with van der Waals surface area (Å²) in [5, 5.41) is 8.49. The molecule has 0 atom stereocenters. The van der Waals surface area contributed by atoms with Crippen LogP contribution < -0.4 is 5.32 Å². The third-order valence-electron chi connectivity index (χ3n) is 5.74. The van der Waals surface area contributed by atoms with E-state index in [1.54, 1.807) is 0 Å². The first-order valence-electron chi connectivity index (χ1n) is 9.78. The molecule has 136 valence electrons. The molecule has 0 amide bonds. The Morgan fingerprint density at radius 1 is 1.08 bits per heavy atom. The molecule has 1 N–H and O–H groups in total. The zero-order chi connectivity index (χ0) is 18.1. The summed E-state index contributed by atoms with van der Waals surface area (Å²) in [6.45, 7) is 6.81. The van der Waals surface area contributed by atoms with Crippen LogP contribution in [0.1, 0.15) is 45.1 Å². The molecule has 1 aliphatic carbocycles. The smallest absolute Gasteiger partial charge is 0.154 e. The van der Waals surface area contributed by atoms with Crippen molar-refractivity contribution in [3.8, 4) is 11.3 Å². The molecule has 2 aromatic heterocycles. The number of rotatable bonds is 4. The molecule has 0 radical (unpaired) electrons. The van der Waals surface area contributed by atoms with E-state index in [2.05, 4.69) is 61.4 Å². The molecule has 4 nitrogen and oxygen atoms in total. The fourth-order valence-electron chi connectivity index (χ4n) is 4.09. The van der Waals surface area contributed by atoms with E-state index in [1.807, 2.05) is 16.8 Å². The van der Waals surface area contributed by atoms with Gasteiger partial charge in [-0.3, -0.25) is 0 Å². The van der Waals surface area contributed by atoms with E-state index in [0.29, 0.717) is 6.04 Å². The van der Waals surface area contributed by atoms with E-state index in [0.717, 1.165) is 34.6 Å². The molecule has 3 aromatic rings. The Morgan fingerprint density at radius 3 is 2.62 bits per heavy atom. The van der Waals surface area contributed by atoms with Crippen molar-refractivity contribution in [1.29, 1.82) is 0 Å². The number of aromatic nitrogens is 3. The van der Waals surface area contributed by atoms with Crippen LogP contribution in [0, 0.1) is 18.8 Å². The van der Waals surface area contributed by atoms with Gasteiger partial charge in [-0.2, -0.15) is 0 Å². The second-order valence-corrected chi connectivity index (χ2v) is 8.00. The molecule has 4 heteroatoms. The Bertz CT molecular complexity index is 888. The number of fused-ring (bicyclic) bond motifs is 1. The summed E-state index contributed by atoms with van der Waals surface area (Å²) in [6.07, 6.45) is 7.01. The average Bonchev–Trinajstić information content (AvgIpc) is 3.05. The summed E-state index contributed by atoms with van der Waals surface area (Å²) in [6, 6.07) is 13.1. The van der Waals surface area contributed by atoms with Crippen LogP contribution in [0.3, 0.4) is 0 Å². The fraction of sp³-hybridized carbons (Fsp3) is 0.455. The Morgan fingerprint density at radius 2 is 1.88 bits per heavy atom. The quantitative estimate of drug-likeness (QED) is 0.693. The number of nitrogens with one attached hydrogen (secondary N) is 1. The zero-order valence-electron chi connectivity index (χ0n) is 15.9. The third kappa shape index (κ3) is 3.46.